The normalized spacial score (nSPS) is 8.90. The van der Waals surface area contributed by atoms with Crippen molar-refractivity contribution in [2.24, 2.45) is 0 Å². The van der Waals surface area contributed by atoms with Crippen molar-refractivity contribution in [3.8, 4) is 17.2 Å². The topological polar surface area (TPSA) is 181 Å². The van der Waals surface area contributed by atoms with E-state index in [2.05, 4.69) is 0 Å². The molecule has 9 nitrogen and oxygen atoms in total. The van der Waals surface area contributed by atoms with Crippen LogP contribution >= 0.6 is 0 Å². The maximum absolute atomic E-state index is 10.5. The molecule has 0 saturated carbocycles. The first kappa shape index (κ1) is 27.8. The Hall–Kier alpha value is -3.24. The maximum atomic E-state index is 10.5. The smallest absolute Gasteiger partial charge is 0.872 e. The molecule has 0 spiro atoms. The second-order valence-electron chi connectivity index (χ2n) is 5.49. The summed E-state index contributed by atoms with van der Waals surface area (Å²) in [7, 11) is 0. The summed E-state index contributed by atoms with van der Waals surface area (Å²) >= 11 is 0. The van der Waals surface area contributed by atoms with Gasteiger partial charge in [0, 0.05) is 0 Å². The molecule has 3 rings (SSSR count). The van der Waals surface area contributed by atoms with Crippen LogP contribution in [0.4, 0.5) is 0 Å². The molecule has 0 aliphatic heterocycles. The Morgan fingerprint density at radius 2 is 0.613 bits per heavy atom. The minimum absolute atomic E-state index is 0. The van der Waals surface area contributed by atoms with Gasteiger partial charge in [-0.1, -0.05) is 36.4 Å². The van der Waals surface area contributed by atoms with Crippen molar-refractivity contribution in [3.05, 3.63) is 89.5 Å². The van der Waals surface area contributed by atoms with Crippen LogP contribution in [-0.4, -0.2) is 33.2 Å². The molecule has 162 valence electrons. The van der Waals surface area contributed by atoms with E-state index < -0.39 is 17.9 Å². The van der Waals surface area contributed by atoms with Gasteiger partial charge < -0.3 is 30.6 Å². The van der Waals surface area contributed by atoms with E-state index in [1.54, 1.807) is 0 Å². The molecular formula is C21H15O9Tb. The Bertz CT molecular complexity index is 851. The third kappa shape index (κ3) is 10.9. The van der Waals surface area contributed by atoms with Crippen LogP contribution in [0.5, 0.6) is 17.2 Å². The van der Waals surface area contributed by atoms with Gasteiger partial charge in [-0.3, -0.25) is 0 Å². The van der Waals surface area contributed by atoms with Crippen LogP contribution in [0.25, 0.3) is 0 Å². The fraction of sp³-hybridized carbons (Fsp3) is 0. The largest absolute Gasteiger partial charge is 3.00 e. The number of carboxylic acid groups (broad SMARTS) is 3. The fourth-order valence-electron chi connectivity index (χ4n) is 1.79. The van der Waals surface area contributed by atoms with Crippen LogP contribution in [0, 0.1) is 38.6 Å². The molecule has 0 amide bonds. The van der Waals surface area contributed by atoms with Gasteiger partial charge in [-0.05, 0) is 36.4 Å². The van der Waals surface area contributed by atoms with Gasteiger partial charge in [0.2, 0.25) is 0 Å². The first-order chi connectivity index (χ1) is 14.1. The van der Waals surface area contributed by atoms with Crippen molar-refractivity contribution in [1.82, 2.24) is 0 Å². The Balaban J connectivity index is 0.000000429. The molecule has 3 aromatic rings. The average Bonchev–Trinajstić information content (AvgIpc) is 2.70. The average molecular weight is 570 g/mol. The predicted octanol–water partition coefficient (Wildman–Crippen LogP) is 1.38. The summed E-state index contributed by atoms with van der Waals surface area (Å²) in [5.41, 5.74) is 0.416. The third-order valence-electron chi connectivity index (χ3n) is 3.30. The van der Waals surface area contributed by atoms with Crippen LogP contribution < -0.4 is 15.3 Å². The fourth-order valence-corrected chi connectivity index (χ4v) is 1.79. The molecule has 3 N–H and O–H groups in total. The molecule has 0 unspecified atom stereocenters. The molecule has 0 aromatic heterocycles. The standard InChI is InChI=1S/3C7H6O3.Tb/c3*8-6-3-1-5(2-4-6)7(9)10;/h3*1-4,8H,(H,9,10);/q;;;+3/p-3. The van der Waals surface area contributed by atoms with E-state index in [0.29, 0.717) is 0 Å². The minimum Gasteiger partial charge on any atom is -0.872 e. The van der Waals surface area contributed by atoms with Gasteiger partial charge in [0.15, 0.2) is 0 Å². The number of carbonyl (C=O) groups is 3. The van der Waals surface area contributed by atoms with Crippen molar-refractivity contribution < 1.29 is 83.6 Å². The van der Waals surface area contributed by atoms with Gasteiger partial charge in [-0.2, -0.15) is 0 Å². The number of rotatable bonds is 3. The van der Waals surface area contributed by atoms with E-state index in [0.717, 1.165) is 0 Å². The van der Waals surface area contributed by atoms with Crippen molar-refractivity contribution in [2.45, 2.75) is 0 Å². The Labute approximate surface area is 207 Å². The van der Waals surface area contributed by atoms with Crippen LogP contribution in [-0.2, 0) is 0 Å². The Kier molecular flexibility index (Phi) is 12.4. The summed E-state index contributed by atoms with van der Waals surface area (Å²) < 4.78 is 0. The Morgan fingerprint density at radius 3 is 0.742 bits per heavy atom. The van der Waals surface area contributed by atoms with Gasteiger partial charge in [0.05, 0.1) is 16.7 Å². The quantitative estimate of drug-likeness (QED) is 0.419. The molecule has 0 atom stereocenters. The zero-order valence-electron chi connectivity index (χ0n) is 15.6. The van der Waals surface area contributed by atoms with Gasteiger partial charge in [0.25, 0.3) is 0 Å². The molecule has 0 saturated heterocycles. The van der Waals surface area contributed by atoms with Crippen molar-refractivity contribution in [2.75, 3.05) is 0 Å². The van der Waals surface area contributed by atoms with E-state index in [-0.39, 0.29) is 72.6 Å². The van der Waals surface area contributed by atoms with Crippen molar-refractivity contribution in [1.29, 1.82) is 0 Å². The number of hydrogen-bond acceptors (Lipinski definition) is 6. The molecule has 0 heterocycles. The van der Waals surface area contributed by atoms with Gasteiger partial charge in [-0.15, -0.1) is 17.2 Å². The molecular weight excluding hydrogens is 555 g/mol. The summed E-state index contributed by atoms with van der Waals surface area (Å²) in [5.74, 6) is -3.57. The molecule has 0 aliphatic rings. The summed E-state index contributed by atoms with van der Waals surface area (Å²) in [5, 5.41) is 56.5. The monoisotopic (exact) mass is 570 g/mol. The van der Waals surface area contributed by atoms with E-state index in [4.69, 9.17) is 15.3 Å². The molecule has 3 aromatic carbocycles. The van der Waals surface area contributed by atoms with Crippen LogP contribution in [0.2, 0.25) is 0 Å². The van der Waals surface area contributed by atoms with Gasteiger partial charge in [0.1, 0.15) is 0 Å². The number of carboxylic acids is 3. The Morgan fingerprint density at radius 1 is 0.452 bits per heavy atom. The first-order valence-electron chi connectivity index (χ1n) is 8.11. The minimum atomic E-state index is -1.01. The summed E-state index contributed by atoms with van der Waals surface area (Å²) in [6, 6.07) is 15.0. The summed E-state index contributed by atoms with van der Waals surface area (Å²) in [4.78, 5) is 30.6. The number of benzene rings is 3. The zero-order chi connectivity index (χ0) is 22.7. The van der Waals surface area contributed by atoms with Gasteiger partial charge >= 0.3 is 56.5 Å². The molecule has 10 heteroatoms. The molecule has 0 radical (unpaired) electrons. The third-order valence-corrected chi connectivity index (χ3v) is 3.30. The van der Waals surface area contributed by atoms with E-state index >= 15 is 0 Å². The predicted molar refractivity (Wildman–Crippen MR) is 98.5 cm³/mol. The molecule has 0 aliphatic carbocycles. The van der Waals surface area contributed by atoms with Crippen LogP contribution in [0.3, 0.4) is 0 Å². The van der Waals surface area contributed by atoms with Crippen LogP contribution in [0.15, 0.2) is 72.8 Å². The van der Waals surface area contributed by atoms with Crippen LogP contribution in [0.1, 0.15) is 31.1 Å². The first-order valence-corrected chi connectivity index (χ1v) is 8.11. The second-order valence-corrected chi connectivity index (χ2v) is 5.49. The van der Waals surface area contributed by atoms with Crippen molar-refractivity contribution in [3.63, 3.8) is 0 Å². The molecule has 31 heavy (non-hydrogen) atoms. The van der Waals surface area contributed by atoms with Gasteiger partial charge in [-0.25, -0.2) is 14.4 Å². The summed E-state index contributed by atoms with van der Waals surface area (Å²) in [6.45, 7) is 0. The van der Waals surface area contributed by atoms with E-state index in [9.17, 15) is 29.7 Å². The zero-order valence-corrected chi connectivity index (χ0v) is 17.7. The molecule has 0 bridgehead atoms. The van der Waals surface area contributed by atoms with Crippen molar-refractivity contribution >= 4 is 17.9 Å². The SMILES string of the molecule is O=C(O)c1ccc([O-])cc1.O=C(O)c1ccc([O-])cc1.O=C(O)c1ccc([O-])cc1.[Tb+3]. The molecule has 0 fully saturated rings. The maximum Gasteiger partial charge on any atom is 3.00 e. The van der Waals surface area contributed by atoms with E-state index in [1.165, 1.54) is 72.8 Å². The summed E-state index contributed by atoms with van der Waals surface area (Å²) in [6.07, 6.45) is 0. The number of hydrogen-bond donors (Lipinski definition) is 3. The number of aromatic carboxylic acids is 3. The second kappa shape index (κ2) is 13.9. The van der Waals surface area contributed by atoms with E-state index in [1.807, 2.05) is 0 Å².